The Morgan fingerprint density at radius 1 is 1.36 bits per heavy atom. The number of hydrogen-bond acceptors (Lipinski definition) is 6. The largest absolute Gasteiger partial charge is 0.355 e. The molecule has 0 aliphatic rings. The van der Waals surface area contributed by atoms with Crippen LogP contribution in [0.1, 0.15) is 11.8 Å². The van der Waals surface area contributed by atoms with Gasteiger partial charge in [-0.1, -0.05) is 17.8 Å². The number of hydrogen-bond donors (Lipinski definition) is 1. The van der Waals surface area contributed by atoms with E-state index < -0.39 is 0 Å². The van der Waals surface area contributed by atoms with Gasteiger partial charge in [-0.2, -0.15) is 0 Å². The van der Waals surface area contributed by atoms with Gasteiger partial charge in [-0.05, 0) is 36.9 Å². The Bertz CT molecular complexity index is 922. The lowest BCUT2D eigenvalue weighted by atomic mass is 10.3. The molecule has 3 aromatic heterocycles. The molecule has 0 saturated carbocycles. The smallest absolute Gasteiger partial charge is 0.263 e. The molecule has 0 radical (unpaired) electrons. The lowest BCUT2D eigenvalue weighted by Gasteiger charge is -2.10. The molecule has 0 spiro atoms. The molecule has 0 saturated heterocycles. The van der Waals surface area contributed by atoms with Gasteiger partial charge in [0.15, 0.2) is 10.8 Å². The Labute approximate surface area is 153 Å². The highest BCUT2D eigenvalue weighted by Crippen LogP contribution is 2.16. The molecule has 0 aromatic carbocycles. The highest BCUT2D eigenvalue weighted by Gasteiger charge is 2.12. The molecule has 0 aliphatic carbocycles. The van der Waals surface area contributed by atoms with Crippen molar-refractivity contribution in [1.82, 2.24) is 19.9 Å². The van der Waals surface area contributed by atoms with Crippen LogP contribution in [-0.4, -0.2) is 32.7 Å². The lowest BCUT2D eigenvalue weighted by molar-refractivity contribution is -0.118. The Balaban J connectivity index is 1.64. The van der Waals surface area contributed by atoms with Crippen molar-refractivity contribution in [1.29, 1.82) is 0 Å². The number of aromatic nitrogens is 3. The maximum atomic E-state index is 12.5. The topological polar surface area (TPSA) is 76.9 Å². The maximum Gasteiger partial charge on any atom is 0.263 e. The van der Waals surface area contributed by atoms with E-state index in [9.17, 15) is 9.59 Å². The Morgan fingerprint density at radius 2 is 2.24 bits per heavy atom. The highest BCUT2D eigenvalue weighted by atomic mass is 32.2. The number of pyridine rings is 1. The van der Waals surface area contributed by atoms with Crippen molar-refractivity contribution in [2.45, 2.75) is 25.0 Å². The summed E-state index contributed by atoms with van der Waals surface area (Å²) in [4.78, 5) is 34.4. The summed E-state index contributed by atoms with van der Waals surface area (Å²) in [6.07, 6.45) is 2.43. The number of thiophene rings is 1. The van der Waals surface area contributed by atoms with Crippen LogP contribution in [0.25, 0.3) is 11.0 Å². The van der Waals surface area contributed by atoms with Crippen LogP contribution in [0.3, 0.4) is 0 Å². The molecule has 8 heteroatoms. The van der Waals surface area contributed by atoms with Crippen LogP contribution < -0.4 is 10.9 Å². The van der Waals surface area contributed by atoms with E-state index in [1.165, 1.54) is 16.6 Å². The molecule has 0 atom stereocenters. The summed E-state index contributed by atoms with van der Waals surface area (Å²) in [6.45, 7) is 2.99. The van der Waals surface area contributed by atoms with E-state index in [2.05, 4.69) is 21.4 Å². The maximum absolute atomic E-state index is 12.5. The van der Waals surface area contributed by atoms with Crippen LogP contribution in [-0.2, 0) is 17.8 Å². The van der Waals surface area contributed by atoms with Gasteiger partial charge >= 0.3 is 0 Å². The van der Waals surface area contributed by atoms with Gasteiger partial charge < -0.3 is 5.32 Å². The van der Waals surface area contributed by atoms with Crippen molar-refractivity contribution in [3.63, 3.8) is 0 Å². The van der Waals surface area contributed by atoms with Crippen molar-refractivity contribution in [2.75, 3.05) is 12.3 Å². The molecule has 1 N–H and O–H groups in total. The summed E-state index contributed by atoms with van der Waals surface area (Å²) >= 11 is 2.94. The van der Waals surface area contributed by atoms with Crippen LogP contribution in [0.4, 0.5) is 0 Å². The number of nitrogens with zero attached hydrogens (tertiary/aromatic N) is 3. The predicted octanol–water partition coefficient (Wildman–Crippen LogP) is 2.32. The van der Waals surface area contributed by atoms with Crippen LogP contribution in [0.5, 0.6) is 0 Å². The Hall–Kier alpha value is -2.19. The highest BCUT2D eigenvalue weighted by molar-refractivity contribution is 7.99. The van der Waals surface area contributed by atoms with Crippen LogP contribution in [0.15, 0.2) is 45.8 Å². The summed E-state index contributed by atoms with van der Waals surface area (Å²) in [5.41, 5.74) is 0.291. The van der Waals surface area contributed by atoms with Gasteiger partial charge in [0, 0.05) is 24.2 Å². The van der Waals surface area contributed by atoms with Gasteiger partial charge in [0.05, 0.1) is 11.1 Å². The van der Waals surface area contributed by atoms with Gasteiger partial charge in [0.1, 0.15) is 0 Å². The first-order valence-electron chi connectivity index (χ1n) is 7.96. The second-order valence-corrected chi connectivity index (χ2v) is 7.26. The lowest BCUT2D eigenvalue weighted by Crippen LogP contribution is -2.28. The minimum Gasteiger partial charge on any atom is -0.355 e. The van der Waals surface area contributed by atoms with E-state index >= 15 is 0 Å². The number of carbonyl (C=O) groups excluding carboxylic acids is 1. The van der Waals surface area contributed by atoms with E-state index in [4.69, 9.17) is 0 Å². The fraction of sp³-hybridized carbons (Fsp3) is 0.294. The number of nitrogens with one attached hydrogen (secondary N) is 1. The Morgan fingerprint density at radius 3 is 3.00 bits per heavy atom. The molecule has 3 aromatic rings. The number of thioether (sulfide) groups is 1. The van der Waals surface area contributed by atoms with Gasteiger partial charge in [0.25, 0.3) is 5.56 Å². The standard InChI is InChI=1S/C17H18N4O2S2/c1-2-21-16(23)13-6-3-8-19-15(13)20-17(21)25-11-14(22)18-9-7-12-5-4-10-24-12/h3-6,8,10H,2,7,9,11H2,1H3,(H,18,22). The van der Waals surface area contributed by atoms with Gasteiger partial charge in [-0.25, -0.2) is 9.97 Å². The van der Waals surface area contributed by atoms with Crippen molar-refractivity contribution >= 4 is 40.0 Å². The van der Waals surface area contributed by atoms with Crippen LogP contribution >= 0.6 is 23.1 Å². The molecule has 3 heterocycles. The minimum absolute atomic E-state index is 0.0698. The van der Waals surface area contributed by atoms with E-state index in [1.807, 2.05) is 18.4 Å². The first kappa shape index (κ1) is 17.6. The van der Waals surface area contributed by atoms with Gasteiger partial charge in [-0.3, -0.25) is 14.2 Å². The number of amides is 1. The third-order valence-electron chi connectivity index (χ3n) is 3.62. The van der Waals surface area contributed by atoms with E-state index in [0.717, 1.165) is 6.42 Å². The normalized spacial score (nSPS) is 10.9. The van der Waals surface area contributed by atoms with Crippen molar-refractivity contribution < 1.29 is 4.79 Å². The van der Waals surface area contributed by atoms with Crippen LogP contribution in [0.2, 0.25) is 0 Å². The SMILES string of the molecule is CCn1c(SCC(=O)NCCc2cccs2)nc2ncccc2c1=O. The number of rotatable bonds is 7. The van der Waals surface area contributed by atoms with E-state index in [0.29, 0.717) is 29.3 Å². The average molecular weight is 374 g/mol. The summed E-state index contributed by atoms with van der Waals surface area (Å²) in [6, 6.07) is 7.49. The van der Waals surface area contributed by atoms with E-state index in [-0.39, 0.29) is 17.2 Å². The minimum atomic E-state index is -0.124. The molecule has 130 valence electrons. The third-order valence-corrected chi connectivity index (χ3v) is 5.53. The summed E-state index contributed by atoms with van der Waals surface area (Å²) in [5, 5.41) is 5.94. The zero-order valence-electron chi connectivity index (χ0n) is 13.8. The summed E-state index contributed by atoms with van der Waals surface area (Å²) in [5.74, 6) is 0.148. The molecule has 0 fully saturated rings. The van der Waals surface area contributed by atoms with Gasteiger partial charge in [0.2, 0.25) is 5.91 Å². The number of fused-ring (bicyclic) bond motifs is 1. The van der Waals surface area contributed by atoms with Crippen LogP contribution in [0, 0.1) is 0 Å². The van der Waals surface area contributed by atoms with Crippen molar-refractivity contribution in [3.05, 3.63) is 51.1 Å². The van der Waals surface area contributed by atoms with E-state index in [1.54, 1.807) is 34.2 Å². The molecule has 25 heavy (non-hydrogen) atoms. The summed E-state index contributed by atoms with van der Waals surface area (Å²) < 4.78 is 1.58. The molecule has 0 bridgehead atoms. The molecule has 1 amide bonds. The first-order valence-corrected chi connectivity index (χ1v) is 9.83. The fourth-order valence-corrected chi connectivity index (χ4v) is 3.98. The summed E-state index contributed by atoms with van der Waals surface area (Å²) in [7, 11) is 0. The number of carbonyl (C=O) groups is 1. The van der Waals surface area contributed by atoms with Gasteiger partial charge in [-0.15, -0.1) is 11.3 Å². The molecule has 0 unspecified atom stereocenters. The second kappa shape index (κ2) is 8.26. The zero-order chi connectivity index (χ0) is 17.6. The van der Waals surface area contributed by atoms with Crippen molar-refractivity contribution in [2.24, 2.45) is 0 Å². The third kappa shape index (κ3) is 4.26. The molecule has 3 rings (SSSR count). The molecular weight excluding hydrogens is 356 g/mol. The predicted molar refractivity (Wildman–Crippen MR) is 101 cm³/mol. The first-order chi connectivity index (χ1) is 12.2. The zero-order valence-corrected chi connectivity index (χ0v) is 15.4. The van der Waals surface area contributed by atoms with Crippen molar-refractivity contribution in [3.8, 4) is 0 Å². The molecular formula is C17H18N4O2S2. The second-order valence-electron chi connectivity index (χ2n) is 5.29. The Kier molecular flexibility index (Phi) is 5.83. The quantitative estimate of drug-likeness (QED) is 0.507. The molecule has 0 aliphatic heterocycles. The fourth-order valence-electron chi connectivity index (χ4n) is 2.39. The molecule has 6 nitrogen and oxygen atoms in total. The average Bonchev–Trinajstić information content (AvgIpc) is 3.13. The monoisotopic (exact) mass is 374 g/mol.